The van der Waals surface area contributed by atoms with Gasteiger partial charge in [-0.1, -0.05) is 0 Å². The van der Waals surface area contributed by atoms with Gasteiger partial charge in [0.2, 0.25) is 0 Å². The molecular formula is C15H16F3N3O3. The van der Waals surface area contributed by atoms with E-state index in [0.717, 1.165) is 12.1 Å². The van der Waals surface area contributed by atoms with Crippen molar-refractivity contribution in [3.63, 3.8) is 0 Å². The summed E-state index contributed by atoms with van der Waals surface area (Å²) in [6.07, 6.45) is -4.45. The maximum absolute atomic E-state index is 12.7. The van der Waals surface area contributed by atoms with Crippen molar-refractivity contribution < 1.29 is 27.5 Å². The Labute approximate surface area is 136 Å². The minimum atomic E-state index is -4.45. The number of methoxy groups -OCH3 is 1. The number of likely N-dealkylation sites (N-methyl/N-ethyl adjacent to an activating group) is 1. The number of anilines is 1. The van der Waals surface area contributed by atoms with Crippen molar-refractivity contribution in [1.29, 1.82) is 0 Å². The normalized spacial score (nSPS) is 27.1. The van der Waals surface area contributed by atoms with Crippen LogP contribution in [0, 0.1) is 0 Å². The number of carbonyl (C=O) groups excluding carboxylic acids is 2. The van der Waals surface area contributed by atoms with E-state index < -0.39 is 29.3 Å². The van der Waals surface area contributed by atoms with E-state index in [2.05, 4.69) is 5.32 Å². The van der Waals surface area contributed by atoms with Gasteiger partial charge < -0.3 is 15.0 Å². The number of nitrogens with zero attached hydrogens (tertiary/aromatic N) is 2. The summed E-state index contributed by atoms with van der Waals surface area (Å²) in [4.78, 5) is 28.0. The van der Waals surface area contributed by atoms with Gasteiger partial charge in [0.05, 0.1) is 12.7 Å². The van der Waals surface area contributed by atoms with Gasteiger partial charge in [0.25, 0.3) is 11.6 Å². The molecule has 2 saturated heterocycles. The lowest BCUT2D eigenvalue weighted by Crippen LogP contribution is -2.71. The summed E-state index contributed by atoms with van der Waals surface area (Å²) in [6, 6.07) is 4.23. The number of fused-ring (bicyclic) bond motifs is 2. The predicted molar refractivity (Wildman–Crippen MR) is 78.1 cm³/mol. The molecule has 1 aromatic carbocycles. The predicted octanol–water partition coefficient (Wildman–Crippen LogP) is 0.825. The van der Waals surface area contributed by atoms with Gasteiger partial charge in [-0.05, 0) is 31.3 Å². The fraction of sp³-hybridized carbons (Fsp3) is 0.467. The second-order valence-corrected chi connectivity index (χ2v) is 5.79. The quantitative estimate of drug-likeness (QED) is 0.637. The topological polar surface area (TPSA) is 61.9 Å². The van der Waals surface area contributed by atoms with E-state index in [1.165, 1.54) is 24.1 Å². The van der Waals surface area contributed by atoms with E-state index in [1.54, 1.807) is 11.9 Å². The van der Waals surface area contributed by atoms with Crippen molar-refractivity contribution >= 4 is 17.6 Å². The number of nitrogens with one attached hydrogen (secondary N) is 1. The number of ether oxygens (including phenoxy) is 1. The molecule has 2 atom stereocenters. The lowest BCUT2D eigenvalue weighted by atomic mass is 10.0. The molecule has 0 radical (unpaired) electrons. The van der Waals surface area contributed by atoms with Crippen molar-refractivity contribution in [2.45, 2.75) is 17.9 Å². The van der Waals surface area contributed by atoms with Gasteiger partial charge in [0, 0.05) is 24.8 Å². The van der Waals surface area contributed by atoms with Crippen LogP contribution in [0.25, 0.3) is 0 Å². The highest BCUT2D eigenvalue weighted by molar-refractivity contribution is 6.11. The smallest absolute Gasteiger partial charge is 0.416 e. The Hall–Kier alpha value is -2.29. The Morgan fingerprint density at radius 3 is 2.50 bits per heavy atom. The SMILES string of the molecule is COC(=O)[C@]12C(=O)NC[C@H](CN1c1ccc(C(F)(F)F)cc1)N2C. The number of hydrogen-bond acceptors (Lipinski definition) is 5. The molecule has 2 aliphatic rings. The Kier molecular flexibility index (Phi) is 3.71. The highest BCUT2D eigenvalue weighted by Gasteiger charge is 2.64. The number of carbonyl (C=O) groups is 2. The Morgan fingerprint density at radius 1 is 1.33 bits per heavy atom. The van der Waals surface area contributed by atoms with Gasteiger partial charge in [-0.25, -0.2) is 4.79 Å². The van der Waals surface area contributed by atoms with Crippen LogP contribution in [0.2, 0.25) is 0 Å². The van der Waals surface area contributed by atoms with E-state index in [9.17, 15) is 22.8 Å². The molecule has 1 amide bonds. The molecule has 1 N–H and O–H groups in total. The molecular weight excluding hydrogens is 327 g/mol. The molecule has 6 nitrogen and oxygen atoms in total. The zero-order valence-electron chi connectivity index (χ0n) is 13.1. The average molecular weight is 343 g/mol. The van der Waals surface area contributed by atoms with Crippen LogP contribution in [-0.4, -0.2) is 55.7 Å². The molecule has 130 valence electrons. The van der Waals surface area contributed by atoms with Crippen LogP contribution in [0.5, 0.6) is 0 Å². The van der Waals surface area contributed by atoms with Crippen LogP contribution < -0.4 is 10.2 Å². The lowest BCUT2D eigenvalue weighted by Gasteiger charge is -2.41. The van der Waals surface area contributed by atoms with Gasteiger partial charge in [0.1, 0.15) is 0 Å². The summed E-state index contributed by atoms with van der Waals surface area (Å²) in [5.41, 5.74) is -2.16. The first-order valence-electron chi connectivity index (χ1n) is 7.27. The zero-order valence-corrected chi connectivity index (χ0v) is 13.1. The molecule has 0 aromatic heterocycles. The largest absolute Gasteiger partial charge is 0.466 e. The highest BCUT2D eigenvalue weighted by atomic mass is 19.4. The van der Waals surface area contributed by atoms with Crippen molar-refractivity contribution in [3.8, 4) is 0 Å². The van der Waals surface area contributed by atoms with Crippen molar-refractivity contribution in [3.05, 3.63) is 29.8 Å². The molecule has 9 heteroatoms. The van der Waals surface area contributed by atoms with E-state index >= 15 is 0 Å². The summed E-state index contributed by atoms with van der Waals surface area (Å²) in [7, 11) is 2.80. The minimum absolute atomic E-state index is 0.149. The summed E-state index contributed by atoms with van der Waals surface area (Å²) >= 11 is 0. The zero-order chi connectivity index (χ0) is 17.7. The maximum Gasteiger partial charge on any atom is 0.416 e. The number of amides is 1. The standard InChI is InChI=1S/C15H16F3N3O3/c1-20-11-7-19-12(22)14(20,13(23)24-2)21(8-11)10-5-3-9(4-6-10)15(16,17)18/h3-6,11H,7-8H2,1-2H3,(H,19,22)/t11-,14+/m1/s1. The number of benzene rings is 1. The third-order valence-electron chi connectivity index (χ3n) is 4.63. The van der Waals surface area contributed by atoms with Crippen LogP contribution >= 0.6 is 0 Å². The lowest BCUT2D eigenvalue weighted by molar-refractivity contribution is -0.161. The maximum atomic E-state index is 12.7. The van der Waals surface area contributed by atoms with Crippen molar-refractivity contribution in [2.75, 3.05) is 32.1 Å². The Balaban J connectivity index is 2.06. The molecule has 0 saturated carbocycles. The summed E-state index contributed by atoms with van der Waals surface area (Å²) < 4.78 is 43.0. The number of hydrogen-bond donors (Lipinski definition) is 1. The molecule has 3 rings (SSSR count). The van der Waals surface area contributed by atoms with E-state index in [0.29, 0.717) is 18.8 Å². The van der Waals surface area contributed by atoms with Crippen LogP contribution in [-0.2, 0) is 20.5 Å². The summed E-state index contributed by atoms with van der Waals surface area (Å²) in [6.45, 7) is 0.668. The summed E-state index contributed by atoms with van der Waals surface area (Å²) in [5, 5.41) is 2.66. The first-order valence-corrected chi connectivity index (χ1v) is 7.27. The Morgan fingerprint density at radius 2 is 1.96 bits per heavy atom. The molecule has 2 heterocycles. The number of piperazine rings is 1. The molecule has 1 aromatic rings. The van der Waals surface area contributed by atoms with Crippen molar-refractivity contribution in [1.82, 2.24) is 10.2 Å². The molecule has 24 heavy (non-hydrogen) atoms. The fourth-order valence-electron chi connectivity index (χ4n) is 3.35. The monoisotopic (exact) mass is 343 g/mol. The first-order chi connectivity index (χ1) is 11.2. The number of rotatable bonds is 2. The van der Waals surface area contributed by atoms with Crippen LogP contribution in [0.1, 0.15) is 5.56 Å². The van der Waals surface area contributed by atoms with Crippen LogP contribution in [0.4, 0.5) is 18.9 Å². The van der Waals surface area contributed by atoms with Crippen molar-refractivity contribution in [2.24, 2.45) is 0 Å². The Bertz CT molecular complexity index is 667. The highest BCUT2D eigenvalue weighted by Crippen LogP contribution is 2.39. The third-order valence-corrected chi connectivity index (χ3v) is 4.63. The number of esters is 1. The van der Waals surface area contributed by atoms with Gasteiger partial charge >= 0.3 is 12.1 Å². The molecule has 2 aliphatic heterocycles. The first kappa shape index (κ1) is 16.6. The fourth-order valence-corrected chi connectivity index (χ4v) is 3.35. The molecule has 0 unspecified atom stereocenters. The molecule has 2 fully saturated rings. The third kappa shape index (κ3) is 2.15. The second-order valence-electron chi connectivity index (χ2n) is 5.79. The van der Waals surface area contributed by atoms with E-state index in [4.69, 9.17) is 4.74 Å². The molecule has 2 bridgehead atoms. The van der Waals surface area contributed by atoms with Crippen LogP contribution in [0.15, 0.2) is 24.3 Å². The van der Waals surface area contributed by atoms with Gasteiger partial charge in [-0.3, -0.25) is 9.69 Å². The molecule has 0 aliphatic carbocycles. The van der Waals surface area contributed by atoms with Gasteiger partial charge in [-0.15, -0.1) is 0 Å². The number of halogens is 3. The number of alkyl halides is 3. The van der Waals surface area contributed by atoms with E-state index in [1.807, 2.05) is 0 Å². The summed E-state index contributed by atoms with van der Waals surface area (Å²) in [5.74, 6) is -1.32. The second kappa shape index (κ2) is 5.37. The molecule has 0 spiro atoms. The van der Waals surface area contributed by atoms with E-state index in [-0.39, 0.29) is 6.04 Å². The van der Waals surface area contributed by atoms with Gasteiger partial charge in [-0.2, -0.15) is 13.2 Å². The van der Waals surface area contributed by atoms with Crippen LogP contribution in [0.3, 0.4) is 0 Å². The average Bonchev–Trinajstić information content (AvgIpc) is 2.74. The van der Waals surface area contributed by atoms with Gasteiger partial charge in [0.15, 0.2) is 0 Å². The minimum Gasteiger partial charge on any atom is -0.466 e.